The minimum Gasteiger partial charge on any atom is -0.397 e. The van der Waals surface area contributed by atoms with Crippen molar-refractivity contribution in [2.75, 3.05) is 16.4 Å². The molecule has 0 spiro atoms. The third-order valence-electron chi connectivity index (χ3n) is 4.60. The van der Waals surface area contributed by atoms with E-state index in [2.05, 4.69) is 28.6 Å². The van der Waals surface area contributed by atoms with E-state index in [1.54, 1.807) is 35.6 Å². The summed E-state index contributed by atoms with van der Waals surface area (Å²) >= 11 is 1.62. The number of benzene rings is 3. The van der Waals surface area contributed by atoms with E-state index in [-0.39, 0.29) is 0 Å². The molecule has 1 aromatic heterocycles. The number of rotatable bonds is 3. The van der Waals surface area contributed by atoms with E-state index >= 15 is 0 Å². The van der Waals surface area contributed by atoms with Crippen molar-refractivity contribution in [1.29, 1.82) is 0 Å². The van der Waals surface area contributed by atoms with E-state index < -0.39 is 11.8 Å². The molecular weight excluding hydrogens is 396 g/mol. The van der Waals surface area contributed by atoms with Crippen molar-refractivity contribution >= 4 is 50.4 Å². The predicted molar refractivity (Wildman–Crippen MR) is 123 cm³/mol. The van der Waals surface area contributed by atoms with E-state index in [1.807, 2.05) is 37.3 Å². The molecule has 4 N–H and O–H groups in total. The van der Waals surface area contributed by atoms with Gasteiger partial charge in [0.05, 0.1) is 21.6 Å². The minimum atomic E-state index is -0.780. The minimum absolute atomic E-state index is 0.400. The molecule has 0 aliphatic heterocycles. The Hall–Kier alpha value is -3.71. The van der Waals surface area contributed by atoms with Crippen LogP contribution in [-0.2, 0) is 9.59 Å². The smallest absolute Gasteiger partial charge is 0.314 e. The summed E-state index contributed by atoms with van der Waals surface area (Å²) in [5, 5.41) is 6.05. The van der Waals surface area contributed by atoms with E-state index in [1.165, 1.54) is 5.56 Å². The molecular formula is C23H20N4O2S. The third-order valence-corrected chi connectivity index (χ3v) is 5.66. The number of fused-ring (bicyclic) bond motifs is 1. The number of carbonyl (C=O) groups is 2. The topological polar surface area (TPSA) is 97.1 Å². The predicted octanol–water partition coefficient (Wildman–Crippen LogP) is 4.74. The number of thiazole rings is 1. The number of carbonyl (C=O) groups excluding carboxylic acids is 2. The normalized spacial score (nSPS) is 10.7. The lowest BCUT2D eigenvalue weighted by Gasteiger charge is -2.09. The van der Waals surface area contributed by atoms with Crippen LogP contribution in [0.25, 0.3) is 20.8 Å². The number of anilines is 3. The van der Waals surface area contributed by atoms with E-state index in [9.17, 15) is 9.59 Å². The Morgan fingerprint density at radius 2 is 1.53 bits per heavy atom. The first-order valence-corrected chi connectivity index (χ1v) is 10.2. The Morgan fingerprint density at radius 3 is 2.30 bits per heavy atom. The Kier molecular flexibility index (Phi) is 5.20. The van der Waals surface area contributed by atoms with Crippen LogP contribution in [0.2, 0.25) is 0 Å². The quantitative estimate of drug-likeness (QED) is 0.332. The number of aromatic nitrogens is 1. The first-order valence-electron chi connectivity index (χ1n) is 9.35. The number of nitrogens with one attached hydrogen (secondary N) is 2. The van der Waals surface area contributed by atoms with Crippen molar-refractivity contribution in [3.05, 3.63) is 71.8 Å². The number of nitrogen functional groups attached to an aromatic ring is 1. The van der Waals surface area contributed by atoms with Gasteiger partial charge in [-0.05, 0) is 73.5 Å². The zero-order valence-corrected chi connectivity index (χ0v) is 17.3. The first kappa shape index (κ1) is 19.6. The molecule has 0 bridgehead atoms. The maximum absolute atomic E-state index is 12.2. The summed E-state index contributed by atoms with van der Waals surface area (Å²) in [6.45, 7) is 3.93. The molecule has 2 amide bonds. The number of aryl methyl sites for hydroxylation is 2. The molecule has 0 fully saturated rings. The Balaban J connectivity index is 1.45. The second kappa shape index (κ2) is 7.96. The van der Waals surface area contributed by atoms with Gasteiger partial charge < -0.3 is 16.4 Å². The zero-order valence-electron chi connectivity index (χ0n) is 16.5. The van der Waals surface area contributed by atoms with E-state index in [4.69, 9.17) is 5.73 Å². The van der Waals surface area contributed by atoms with Crippen molar-refractivity contribution in [2.24, 2.45) is 0 Å². The second-order valence-electron chi connectivity index (χ2n) is 7.07. The van der Waals surface area contributed by atoms with Crippen LogP contribution in [0.3, 0.4) is 0 Å². The van der Waals surface area contributed by atoms with E-state index in [0.717, 1.165) is 26.4 Å². The van der Waals surface area contributed by atoms with Gasteiger partial charge in [-0.25, -0.2) is 4.98 Å². The zero-order chi connectivity index (χ0) is 21.3. The summed E-state index contributed by atoms with van der Waals surface area (Å²) in [6.07, 6.45) is 0. The molecule has 3 aromatic carbocycles. The molecule has 30 heavy (non-hydrogen) atoms. The van der Waals surface area contributed by atoms with Crippen LogP contribution >= 0.6 is 11.3 Å². The maximum atomic E-state index is 12.2. The molecule has 1 heterocycles. The first-order chi connectivity index (χ1) is 14.4. The van der Waals surface area contributed by atoms with Gasteiger partial charge >= 0.3 is 11.8 Å². The lowest BCUT2D eigenvalue weighted by atomic mass is 10.2. The summed E-state index contributed by atoms with van der Waals surface area (Å²) in [7, 11) is 0. The maximum Gasteiger partial charge on any atom is 0.314 e. The number of hydrogen-bond acceptors (Lipinski definition) is 5. The summed E-state index contributed by atoms with van der Waals surface area (Å²) in [5.41, 5.74) is 11.2. The molecule has 0 saturated heterocycles. The van der Waals surface area contributed by atoms with Crippen LogP contribution in [0.4, 0.5) is 17.1 Å². The average molecular weight is 417 g/mol. The standard InChI is InChI=1S/C23H20N4O2S/c1-13-3-9-17(24)19(11-13)26-22(29)21(28)25-16-7-5-15(6-8-16)23-27-18-10-4-14(2)12-20(18)30-23/h3-12H,24H2,1-2H3,(H,25,28)(H,26,29). The number of hydrogen-bond donors (Lipinski definition) is 3. The van der Waals surface area contributed by atoms with Gasteiger partial charge in [-0.2, -0.15) is 0 Å². The highest BCUT2D eigenvalue weighted by Gasteiger charge is 2.15. The molecule has 4 aromatic rings. The fraction of sp³-hybridized carbons (Fsp3) is 0.0870. The van der Waals surface area contributed by atoms with Gasteiger partial charge in [0, 0.05) is 11.3 Å². The van der Waals surface area contributed by atoms with Crippen LogP contribution in [0.1, 0.15) is 11.1 Å². The van der Waals surface area contributed by atoms with Crippen molar-refractivity contribution in [3.8, 4) is 10.6 Å². The number of nitrogens with zero attached hydrogens (tertiary/aromatic N) is 1. The molecule has 6 nitrogen and oxygen atoms in total. The molecule has 0 aliphatic rings. The number of nitrogens with two attached hydrogens (primary N) is 1. The van der Waals surface area contributed by atoms with Gasteiger partial charge in [-0.3, -0.25) is 9.59 Å². The Bertz CT molecular complexity index is 1260. The van der Waals surface area contributed by atoms with Crippen LogP contribution in [-0.4, -0.2) is 16.8 Å². The van der Waals surface area contributed by atoms with Gasteiger partial charge in [0.15, 0.2) is 0 Å². The van der Waals surface area contributed by atoms with Crippen LogP contribution in [0.15, 0.2) is 60.7 Å². The van der Waals surface area contributed by atoms with Crippen molar-refractivity contribution in [2.45, 2.75) is 13.8 Å². The largest absolute Gasteiger partial charge is 0.397 e. The van der Waals surface area contributed by atoms with Crippen LogP contribution in [0.5, 0.6) is 0 Å². The summed E-state index contributed by atoms with van der Waals surface area (Å²) < 4.78 is 1.13. The van der Waals surface area contributed by atoms with Crippen molar-refractivity contribution in [3.63, 3.8) is 0 Å². The third kappa shape index (κ3) is 4.16. The van der Waals surface area contributed by atoms with Crippen LogP contribution in [0, 0.1) is 13.8 Å². The van der Waals surface area contributed by atoms with E-state index in [0.29, 0.717) is 17.1 Å². The molecule has 4 rings (SSSR count). The fourth-order valence-electron chi connectivity index (χ4n) is 3.00. The lowest BCUT2D eigenvalue weighted by molar-refractivity contribution is -0.132. The second-order valence-corrected chi connectivity index (χ2v) is 8.10. The monoisotopic (exact) mass is 416 g/mol. The SMILES string of the molecule is Cc1ccc(N)c(NC(=O)C(=O)Nc2ccc(-c3nc4ccc(C)cc4s3)cc2)c1. The summed E-state index contributed by atoms with van der Waals surface area (Å²) in [5.74, 6) is -1.54. The van der Waals surface area contributed by atoms with Gasteiger partial charge in [0.1, 0.15) is 5.01 Å². The molecule has 0 aliphatic carbocycles. The lowest BCUT2D eigenvalue weighted by Crippen LogP contribution is -2.29. The van der Waals surface area contributed by atoms with Gasteiger partial charge in [-0.15, -0.1) is 11.3 Å². The molecule has 7 heteroatoms. The fourth-order valence-corrected chi connectivity index (χ4v) is 4.07. The summed E-state index contributed by atoms with van der Waals surface area (Å²) in [6, 6.07) is 18.6. The van der Waals surface area contributed by atoms with Gasteiger partial charge in [0.25, 0.3) is 0 Å². The highest BCUT2D eigenvalue weighted by Crippen LogP contribution is 2.31. The molecule has 0 atom stereocenters. The average Bonchev–Trinajstić information content (AvgIpc) is 3.14. The van der Waals surface area contributed by atoms with Gasteiger partial charge in [0.2, 0.25) is 0 Å². The highest BCUT2D eigenvalue weighted by atomic mass is 32.1. The highest BCUT2D eigenvalue weighted by molar-refractivity contribution is 7.21. The van der Waals surface area contributed by atoms with Crippen molar-refractivity contribution < 1.29 is 9.59 Å². The Labute approximate surface area is 177 Å². The Morgan fingerprint density at radius 1 is 0.867 bits per heavy atom. The van der Waals surface area contributed by atoms with Crippen molar-refractivity contribution in [1.82, 2.24) is 4.98 Å². The molecule has 0 unspecified atom stereocenters. The molecule has 0 radical (unpaired) electrons. The molecule has 0 saturated carbocycles. The summed E-state index contributed by atoms with van der Waals surface area (Å²) in [4.78, 5) is 29.1. The molecule has 150 valence electrons. The number of amides is 2. The van der Waals surface area contributed by atoms with Gasteiger partial charge in [-0.1, -0.05) is 12.1 Å². The van der Waals surface area contributed by atoms with Crippen LogP contribution < -0.4 is 16.4 Å².